The van der Waals surface area contributed by atoms with Gasteiger partial charge >= 0.3 is 0 Å². The number of carbonyl (C=O) groups is 2. The third-order valence-electron chi connectivity index (χ3n) is 2.99. The largest absolute Gasteiger partial charge is 0.493 e. The molecule has 8 heteroatoms. The van der Waals surface area contributed by atoms with Crippen molar-refractivity contribution in [2.45, 2.75) is 13.5 Å². The van der Waals surface area contributed by atoms with E-state index in [1.165, 1.54) is 7.11 Å². The maximum absolute atomic E-state index is 11.9. The van der Waals surface area contributed by atoms with E-state index in [1.807, 2.05) is 6.92 Å². The number of aryl methyl sites for hydroxylation is 1. The molecule has 0 unspecified atom stereocenters. The summed E-state index contributed by atoms with van der Waals surface area (Å²) >= 11 is 0. The molecule has 2 rings (SSSR count). The Morgan fingerprint density at radius 2 is 2.09 bits per heavy atom. The van der Waals surface area contributed by atoms with Gasteiger partial charge in [-0.15, -0.1) is 0 Å². The fourth-order valence-electron chi connectivity index (χ4n) is 1.90. The molecule has 122 valence electrons. The van der Waals surface area contributed by atoms with E-state index >= 15 is 0 Å². The highest BCUT2D eigenvalue weighted by Gasteiger charge is 2.11. The normalized spacial score (nSPS) is 10.2. The highest BCUT2D eigenvalue weighted by atomic mass is 16.5. The Hall–Kier alpha value is -3.03. The van der Waals surface area contributed by atoms with Crippen LogP contribution in [-0.4, -0.2) is 35.7 Å². The van der Waals surface area contributed by atoms with Crippen molar-refractivity contribution >= 4 is 11.8 Å². The van der Waals surface area contributed by atoms with Gasteiger partial charge in [0.1, 0.15) is 5.69 Å². The minimum Gasteiger partial charge on any atom is -0.493 e. The van der Waals surface area contributed by atoms with Crippen LogP contribution in [0.2, 0.25) is 0 Å². The van der Waals surface area contributed by atoms with Gasteiger partial charge in [0, 0.05) is 12.2 Å². The number of hydrogen-bond donors (Lipinski definition) is 3. The third-order valence-corrected chi connectivity index (χ3v) is 2.99. The summed E-state index contributed by atoms with van der Waals surface area (Å²) in [5.41, 5.74) is 7.00. The van der Waals surface area contributed by atoms with Gasteiger partial charge in [-0.25, -0.2) is 0 Å². The molecule has 8 nitrogen and oxygen atoms in total. The lowest BCUT2D eigenvalue weighted by molar-refractivity contribution is -0.119. The Labute approximate surface area is 133 Å². The highest BCUT2D eigenvalue weighted by Crippen LogP contribution is 2.28. The summed E-state index contributed by atoms with van der Waals surface area (Å²) in [6.07, 6.45) is 0. The number of benzene rings is 1. The van der Waals surface area contributed by atoms with Gasteiger partial charge in [0.05, 0.1) is 7.11 Å². The average molecular weight is 318 g/mol. The van der Waals surface area contributed by atoms with Gasteiger partial charge in [-0.1, -0.05) is 6.07 Å². The Bertz CT molecular complexity index is 711. The van der Waals surface area contributed by atoms with Crippen molar-refractivity contribution in [3.63, 3.8) is 0 Å². The van der Waals surface area contributed by atoms with Gasteiger partial charge in [-0.3, -0.25) is 14.7 Å². The summed E-state index contributed by atoms with van der Waals surface area (Å²) < 4.78 is 10.4. The topological polar surface area (TPSA) is 119 Å². The molecule has 4 N–H and O–H groups in total. The summed E-state index contributed by atoms with van der Waals surface area (Å²) in [4.78, 5) is 22.7. The van der Waals surface area contributed by atoms with Gasteiger partial charge in [-0.05, 0) is 30.7 Å². The van der Waals surface area contributed by atoms with Crippen molar-refractivity contribution < 1.29 is 19.1 Å². The number of methoxy groups -OCH3 is 1. The second-order valence-corrected chi connectivity index (χ2v) is 4.86. The summed E-state index contributed by atoms with van der Waals surface area (Å²) in [5, 5.41) is 9.36. The highest BCUT2D eigenvalue weighted by molar-refractivity contribution is 5.92. The predicted molar refractivity (Wildman–Crippen MR) is 82.2 cm³/mol. The predicted octanol–water partition coefficient (Wildman–Crippen LogP) is 0.521. The first-order valence-electron chi connectivity index (χ1n) is 6.88. The molecule has 1 aromatic carbocycles. The summed E-state index contributed by atoms with van der Waals surface area (Å²) in [6, 6.07) is 6.79. The Balaban J connectivity index is 2.00. The quantitative estimate of drug-likeness (QED) is 0.687. The van der Waals surface area contributed by atoms with Crippen molar-refractivity contribution in [2.75, 3.05) is 13.7 Å². The van der Waals surface area contributed by atoms with E-state index in [0.717, 1.165) is 11.3 Å². The van der Waals surface area contributed by atoms with E-state index in [4.69, 9.17) is 15.2 Å². The average Bonchev–Trinajstić information content (AvgIpc) is 2.97. The lowest BCUT2D eigenvalue weighted by atomic mass is 10.2. The fraction of sp³-hybridized carbons (Fsp3) is 0.267. The van der Waals surface area contributed by atoms with Crippen LogP contribution < -0.4 is 20.5 Å². The van der Waals surface area contributed by atoms with E-state index in [9.17, 15) is 9.59 Å². The molecule has 0 bridgehead atoms. The van der Waals surface area contributed by atoms with Crippen LogP contribution in [0.15, 0.2) is 24.3 Å². The summed E-state index contributed by atoms with van der Waals surface area (Å²) in [5.74, 6) is 0.0120. The molecule has 1 aromatic heterocycles. The first kappa shape index (κ1) is 16.3. The van der Waals surface area contributed by atoms with Crippen LogP contribution in [0.3, 0.4) is 0 Å². The van der Waals surface area contributed by atoms with Gasteiger partial charge in [-0.2, -0.15) is 5.10 Å². The smallest absolute Gasteiger partial charge is 0.272 e. The standard InChI is InChI=1S/C15H18N4O4/c1-9-5-11(19-18-9)15(21)17-7-10-3-4-12(13(6-10)22-2)23-8-14(16)20/h3-6H,7-8H2,1-2H3,(H2,16,20)(H,17,21)(H,18,19). The van der Waals surface area contributed by atoms with Crippen molar-refractivity contribution in [3.8, 4) is 11.5 Å². The zero-order valence-electron chi connectivity index (χ0n) is 12.9. The molecule has 2 amide bonds. The maximum Gasteiger partial charge on any atom is 0.272 e. The molecular formula is C15H18N4O4. The molecule has 0 saturated heterocycles. The molecule has 0 saturated carbocycles. The van der Waals surface area contributed by atoms with Crippen LogP contribution in [0.4, 0.5) is 0 Å². The summed E-state index contributed by atoms with van der Waals surface area (Å²) in [6.45, 7) is 1.89. The van der Waals surface area contributed by atoms with E-state index < -0.39 is 5.91 Å². The first-order valence-corrected chi connectivity index (χ1v) is 6.88. The number of H-pyrrole nitrogens is 1. The number of rotatable bonds is 7. The number of aromatic amines is 1. The molecule has 23 heavy (non-hydrogen) atoms. The number of nitrogens with zero attached hydrogens (tertiary/aromatic N) is 1. The number of carbonyl (C=O) groups excluding carboxylic acids is 2. The number of amides is 2. The fourth-order valence-corrected chi connectivity index (χ4v) is 1.90. The second kappa shape index (κ2) is 7.30. The van der Waals surface area contributed by atoms with Gasteiger partial charge in [0.2, 0.25) is 0 Å². The van der Waals surface area contributed by atoms with E-state index in [-0.39, 0.29) is 12.5 Å². The molecule has 0 spiro atoms. The Morgan fingerprint density at radius 1 is 1.30 bits per heavy atom. The third kappa shape index (κ3) is 4.47. The van der Waals surface area contributed by atoms with Crippen molar-refractivity contribution in [1.29, 1.82) is 0 Å². The molecule has 2 aromatic rings. The molecule has 0 atom stereocenters. The lowest BCUT2D eigenvalue weighted by Crippen LogP contribution is -2.23. The first-order chi connectivity index (χ1) is 11.0. The van der Waals surface area contributed by atoms with Gasteiger partial charge in [0.25, 0.3) is 11.8 Å². The molecule has 0 aliphatic carbocycles. The Morgan fingerprint density at radius 3 is 2.70 bits per heavy atom. The number of primary amides is 1. The second-order valence-electron chi connectivity index (χ2n) is 4.86. The van der Waals surface area contributed by atoms with Crippen LogP contribution >= 0.6 is 0 Å². The van der Waals surface area contributed by atoms with Crippen LogP contribution in [-0.2, 0) is 11.3 Å². The number of nitrogens with two attached hydrogens (primary N) is 1. The minimum atomic E-state index is -0.572. The lowest BCUT2D eigenvalue weighted by Gasteiger charge is -2.11. The molecule has 0 radical (unpaired) electrons. The van der Waals surface area contributed by atoms with Crippen molar-refractivity contribution in [2.24, 2.45) is 5.73 Å². The van der Waals surface area contributed by atoms with Crippen LogP contribution in [0.5, 0.6) is 11.5 Å². The SMILES string of the molecule is COc1cc(CNC(=O)c2cc(C)[nH]n2)ccc1OCC(N)=O. The number of aromatic nitrogens is 2. The van der Waals surface area contributed by atoms with E-state index in [1.54, 1.807) is 24.3 Å². The monoisotopic (exact) mass is 318 g/mol. The zero-order valence-corrected chi connectivity index (χ0v) is 12.9. The number of ether oxygens (including phenoxy) is 2. The summed E-state index contributed by atoms with van der Waals surface area (Å²) in [7, 11) is 1.49. The van der Waals surface area contributed by atoms with Crippen molar-refractivity contribution in [1.82, 2.24) is 15.5 Å². The molecule has 0 aliphatic rings. The molecule has 0 fully saturated rings. The number of hydrogen-bond acceptors (Lipinski definition) is 5. The van der Waals surface area contributed by atoms with Crippen LogP contribution in [0.1, 0.15) is 21.7 Å². The van der Waals surface area contributed by atoms with Crippen LogP contribution in [0, 0.1) is 6.92 Å². The van der Waals surface area contributed by atoms with Gasteiger partial charge < -0.3 is 20.5 Å². The van der Waals surface area contributed by atoms with E-state index in [0.29, 0.717) is 23.7 Å². The number of nitrogens with one attached hydrogen (secondary N) is 2. The maximum atomic E-state index is 11.9. The Kier molecular flexibility index (Phi) is 5.19. The van der Waals surface area contributed by atoms with E-state index in [2.05, 4.69) is 15.5 Å². The molecular weight excluding hydrogens is 300 g/mol. The zero-order chi connectivity index (χ0) is 16.8. The molecule has 1 heterocycles. The molecule has 0 aliphatic heterocycles. The van der Waals surface area contributed by atoms with Gasteiger partial charge in [0.15, 0.2) is 18.1 Å². The van der Waals surface area contributed by atoms with Crippen molar-refractivity contribution in [3.05, 3.63) is 41.2 Å². The minimum absolute atomic E-state index is 0.231. The van der Waals surface area contributed by atoms with Crippen LogP contribution in [0.25, 0.3) is 0 Å².